The molecule has 1 fully saturated rings. The Labute approximate surface area is 290 Å². The summed E-state index contributed by atoms with van der Waals surface area (Å²) in [5.41, 5.74) is 1.75. The summed E-state index contributed by atoms with van der Waals surface area (Å²) < 4.78 is 18.3. The van der Waals surface area contributed by atoms with Gasteiger partial charge in [0.05, 0.1) is 17.0 Å². The quantitative estimate of drug-likeness (QED) is 0.126. The molecule has 0 unspecified atom stereocenters. The van der Waals surface area contributed by atoms with Crippen LogP contribution in [0.5, 0.6) is 11.6 Å². The maximum Gasteiger partial charge on any atom is 0.265 e. The number of allylic oxidation sites excluding steroid dienone is 1. The largest absolute Gasteiger partial charge is 0.507 e. The number of fused-ring (bicyclic) bond motifs is 4. The number of benzene rings is 3. The Hall–Kier alpha value is -4.92. The maximum atomic E-state index is 15.0. The fourth-order valence-corrected chi connectivity index (χ4v) is 8.05. The second-order valence-electron chi connectivity index (χ2n) is 13.0. The van der Waals surface area contributed by atoms with Gasteiger partial charge in [0.1, 0.15) is 30.3 Å². The molecule has 49 heavy (non-hydrogen) atoms. The molecule has 7 rings (SSSR count). The molecule has 250 valence electrons. The first-order valence-electron chi connectivity index (χ1n) is 16.4. The first-order chi connectivity index (χ1) is 23.8. The van der Waals surface area contributed by atoms with Gasteiger partial charge >= 0.3 is 0 Å². The zero-order valence-corrected chi connectivity index (χ0v) is 28.0. The molecule has 0 bridgehead atoms. The summed E-state index contributed by atoms with van der Waals surface area (Å²) in [7, 11) is 0. The van der Waals surface area contributed by atoms with Gasteiger partial charge in [-0.15, -0.1) is 13.2 Å². The molecular weight excluding hydrogens is 640 g/mol. The molecular formula is C40H37ClN2O6. The van der Waals surface area contributed by atoms with Crippen LogP contribution in [0, 0.1) is 17.3 Å². The number of aromatic nitrogens is 1. The zero-order valence-electron chi connectivity index (χ0n) is 27.2. The number of carbonyl (C=O) groups is 2. The van der Waals surface area contributed by atoms with Crippen molar-refractivity contribution in [1.82, 2.24) is 10.1 Å². The summed E-state index contributed by atoms with van der Waals surface area (Å²) in [5.74, 6) is -1.18. The Morgan fingerprint density at radius 2 is 1.57 bits per heavy atom. The highest BCUT2D eigenvalue weighted by molar-refractivity contribution is 6.32. The fourth-order valence-electron chi connectivity index (χ4n) is 7.81. The van der Waals surface area contributed by atoms with Crippen LogP contribution in [-0.2, 0) is 24.4 Å². The lowest BCUT2D eigenvalue weighted by atomic mass is 9.52. The third kappa shape index (κ3) is 5.49. The minimum Gasteiger partial charge on any atom is -0.507 e. The Balaban J connectivity index is 1.33. The Kier molecular flexibility index (Phi) is 8.77. The standard InChI is InChI=1S/C40H37ClN2O6/c1-4-18-43(19-5-2)34-28-21-26-20-27-29(41)16-17-30(47-22-24-12-8-6-9-13-24)32(27)35(44)31(26)37(45)40(28,3)38(46)33-36(34)49-42-39(33)48-23-25-14-10-7-11-15-25/h4-17,26,28,34,44H,1-2,18-23H2,3H3/t26-,28-,34-,40+/m0/s1. The average molecular weight is 677 g/mol. The smallest absolute Gasteiger partial charge is 0.265 e. The first kappa shape index (κ1) is 32.6. The molecule has 4 aromatic rings. The number of rotatable bonds is 11. The Morgan fingerprint density at radius 3 is 2.20 bits per heavy atom. The lowest BCUT2D eigenvalue weighted by Gasteiger charge is -2.51. The van der Waals surface area contributed by atoms with E-state index >= 15 is 0 Å². The number of ketones is 2. The molecule has 9 heteroatoms. The van der Waals surface area contributed by atoms with E-state index < -0.39 is 34.9 Å². The highest BCUT2D eigenvalue weighted by Crippen LogP contribution is 2.60. The molecule has 3 aliphatic carbocycles. The molecule has 0 aliphatic heterocycles. The van der Waals surface area contributed by atoms with Crippen LogP contribution in [0.25, 0.3) is 5.76 Å². The lowest BCUT2D eigenvalue weighted by Crippen LogP contribution is -2.57. The summed E-state index contributed by atoms with van der Waals surface area (Å²) in [6.45, 7) is 10.9. The fraction of sp³-hybridized carbons (Fsp3) is 0.275. The number of aliphatic hydroxyl groups is 1. The van der Waals surface area contributed by atoms with Crippen LogP contribution in [-0.4, -0.2) is 39.8 Å². The van der Waals surface area contributed by atoms with E-state index in [1.54, 1.807) is 31.2 Å². The number of Topliss-reactive ketones (excluding diaryl/α,β-unsaturated/α-hetero) is 2. The molecule has 0 saturated heterocycles. The van der Waals surface area contributed by atoms with Crippen LogP contribution in [0.2, 0.25) is 5.02 Å². The predicted octanol–water partition coefficient (Wildman–Crippen LogP) is 8.13. The monoisotopic (exact) mass is 676 g/mol. The van der Waals surface area contributed by atoms with Crippen LogP contribution in [0.1, 0.15) is 57.8 Å². The van der Waals surface area contributed by atoms with E-state index in [0.717, 1.165) is 11.1 Å². The van der Waals surface area contributed by atoms with Crippen LogP contribution in [0.3, 0.4) is 0 Å². The van der Waals surface area contributed by atoms with E-state index in [1.807, 2.05) is 60.7 Å². The van der Waals surface area contributed by atoms with Gasteiger partial charge in [-0.2, -0.15) is 0 Å². The number of nitrogens with zero attached hydrogens (tertiary/aromatic N) is 2. The molecule has 0 spiro atoms. The number of aliphatic hydroxyl groups excluding tert-OH is 1. The minimum absolute atomic E-state index is 0.0381. The van der Waals surface area contributed by atoms with Crippen molar-refractivity contribution in [3.8, 4) is 11.6 Å². The van der Waals surface area contributed by atoms with Crippen molar-refractivity contribution in [3.05, 3.63) is 142 Å². The van der Waals surface area contributed by atoms with Crippen molar-refractivity contribution < 1.29 is 28.7 Å². The van der Waals surface area contributed by atoms with Crippen LogP contribution >= 0.6 is 11.6 Å². The van der Waals surface area contributed by atoms with Gasteiger partial charge in [-0.25, -0.2) is 0 Å². The van der Waals surface area contributed by atoms with Gasteiger partial charge in [0, 0.05) is 29.6 Å². The van der Waals surface area contributed by atoms with Crippen molar-refractivity contribution >= 4 is 28.9 Å². The number of halogens is 1. The molecule has 1 saturated carbocycles. The van der Waals surface area contributed by atoms with E-state index in [0.29, 0.717) is 53.6 Å². The highest BCUT2D eigenvalue weighted by atomic mass is 35.5. The van der Waals surface area contributed by atoms with Gasteiger partial charge in [0.25, 0.3) is 5.88 Å². The van der Waals surface area contributed by atoms with E-state index in [1.165, 1.54) is 0 Å². The topological polar surface area (TPSA) is 102 Å². The molecule has 4 atom stereocenters. The molecule has 8 nitrogen and oxygen atoms in total. The third-order valence-corrected chi connectivity index (χ3v) is 10.5. The average Bonchev–Trinajstić information content (AvgIpc) is 3.53. The number of ether oxygens (including phenoxy) is 2. The van der Waals surface area contributed by atoms with Gasteiger partial charge in [0.2, 0.25) is 0 Å². The van der Waals surface area contributed by atoms with Crippen molar-refractivity contribution in [2.75, 3.05) is 13.1 Å². The van der Waals surface area contributed by atoms with Crippen LogP contribution in [0.4, 0.5) is 0 Å². The Morgan fingerprint density at radius 1 is 0.939 bits per heavy atom. The van der Waals surface area contributed by atoms with Gasteiger partial charge in [-0.05, 0) is 59.7 Å². The normalized spacial score (nSPS) is 22.6. The minimum atomic E-state index is -1.56. The molecule has 1 N–H and O–H groups in total. The van der Waals surface area contributed by atoms with Crippen LogP contribution in [0.15, 0.2) is 108 Å². The van der Waals surface area contributed by atoms with Gasteiger partial charge in [-0.1, -0.05) is 84.4 Å². The zero-order chi connectivity index (χ0) is 34.3. The third-order valence-electron chi connectivity index (χ3n) is 10.2. The molecule has 0 radical (unpaired) electrons. The number of carbonyl (C=O) groups excluding carboxylic acids is 2. The van der Waals surface area contributed by atoms with E-state index in [4.69, 9.17) is 25.6 Å². The summed E-state index contributed by atoms with van der Waals surface area (Å²) in [6, 6.07) is 22.2. The SMILES string of the molecule is C=CCN(CC=C)[C@@H]1c2onc(OCc3ccccc3)c2C(=O)[C@@]2(C)C(=O)C3=C(O)c4c(OCc5ccccc5)ccc(Cl)c4C[C@H]3C[C@@H]12. The predicted molar refractivity (Wildman–Crippen MR) is 187 cm³/mol. The molecule has 0 amide bonds. The summed E-state index contributed by atoms with van der Waals surface area (Å²) in [5, 5.41) is 16.7. The molecule has 1 heterocycles. The maximum absolute atomic E-state index is 15.0. The van der Waals surface area contributed by atoms with E-state index in [9.17, 15) is 14.7 Å². The summed E-state index contributed by atoms with van der Waals surface area (Å²) in [6.07, 6.45) is 4.35. The molecule has 3 aliphatic rings. The van der Waals surface area contributed by atoms with Crippen molar-refractivity contribution in [3.63, 3.8) is 0 Å². The van der Waals surface area contributed by atoms with Gasteiger partial charge in [0.15, 0.2) is 17.3 Å². The molecule has 3 aromatic carbocycles. The highest BCUT2D eigenvalue weighted by Gasteiger charge is 2.64. The lowest BCUT2D eigenvalue weighted by molar-refractivity contribution is -0.130. The van der Waals surface area contributed by atoms with Crippen molar-refractivity contribution in [1.29, 1.82) is 0 Å². The molecule has 1 aromatic heterocycles. The van der Waals surface area contributed by atoms with E-state index in [2.05, 4.69) is 23.2 Å². The first-order valence-corrected chi connectivity index (χ1v) is 16.8. The second kappa shape index (κ2) is 13.2. The van der Waals surface area contributed by atoms with Crippen molar-refractivity contribution in [2.45, 2.75) is 39.0 Å². The van der Waals surface area contributed by atoms with Gasteiger partial charge in [-0.3, -0.25) is 14.5 Å². The van der Waals surface area contributed by atoms with Crippen molar-refractivity contribution in [2.24, 2.45) is 17.3 Å². The van der Waals surface area contributed by atoms with Gasteiger partial charge < -0.3 is 19.1 Å². The second-order valence-corrected chi connectivity index (χ2v) is 13.4. The summed E-state index contributed by atoms with van der Waals surface area (Å²) >= 11 is 6.76. The number of hydrogen-bond donors (Lipinski definition) is 1. The summed E-state index contributed by atoms with van der Waals surface area (Å²) in [4.78, 5) is 31.8. The Bertz CT molecular complexity index is 1960. The van der Waals surface area contributed by atoms with E-state index in [-0.39, 0.29) is 36.0 Å². The number of hydrogen-bond acceptors (Lipinski definition) is 8. The van der Waals surface area contributed by atoms with Crippen LogP contribution < -0.4 is 9.47 Å².